The van der Waals surface area contributed by atoms with E-state index in [4.69, 9.17) is 0 Å². The first-order chi connectivity index (χ1) is 1.41. The summed E-state index contributed by atoms with van der Waals surface area (Å²) in [6.07, 6.45) is 2.00. The predicted octanol–water partition coefficient (Wildman–Crippen LogP) is 2.31. The van der Waals surface area contributed by atoms with Crippen LogP contribution in [-0.4, -0.2) is 0 Å². The van der Waals surface area contributed by atoms with Gasteiger partial charge in [0.15, 0.2) is 0 Å². The van der Waals surface area contributed by atoms with Crippen LogP contribution in [0.1, 0.15) is 21.3 Å². The number of rotatable bonds is 0. The molecule has 0 heterocycles. The summed E-state index contributed by atoms with van der Waals surface area (Å²) in [6, 6.07) is 0. The maximum atomic E-state index is 2.00. The monoisotopic (exact) mass is 163 g/mol. The van der Waals surface area contributed by atoms with Crippen LogP contribution in [0.3, 0.4) is 0 Å². The third-order valence-electron chi connectivity index (χ3n) is 0. The molecule has 0 bridgehead atoms. The molecule has 0 aromatic heterocycles. The van der Waals surface area contributed by atoms with Crippen molar-refractivity contribution in [2.45, 2.75) is 21.3 Å². The molecule has 0 saturated carbocycles. The van der Waals surface area contributed by atoms with Crippen molar-refractivity contribution in [2.24, 2.45) is 0 Å². The molecule has 1 radical (unpaired) electrons. The molecule has 0 aliphatic rings. The van der Waals surface area contributed by atoms with E-state index in [0.717, 1.165) is 0 Å². The Labute approximate surface area is 67.6 Å². The van der Waals surface area contributed by atoms with E-state index in [1.165, 1.54) is 0 Å². The summed E-state index contributed by atoms with van der Waals surface area (Å²) >= 11 is 0. The van der Waals surface area contributed by atoms with Crippen LogP contribution in [0.4, 0.5) is 0 Å². The maximum absolute atomic E-state index is 2.00. The first-order valence-electron chi connectivity index (χ1n) is 1.15. The molecule has 0 nitrogen and oxygen atoms in total. The Morgan fingerprint density at radius 1 is 1.17 bits per heavy atom. The van der Waals surface area contributed by atoms with E-state index in [1.54, 1.807) is 0 Å². The molecule has 0 N–H and O–H groups in total. The van der Waals surface area contributed by atoms with Crippen molar-refractivity contribution in [1.29, 1.82) is 0 Å². The second kappa shape index (κ2) is 35.9. The molecule has 0 aliphatic carbocycles. The van der Waals surface area contributed by atoms with Crippen LogP contribution < -0.4 is 0 Å². The summed E-state index contributed by atoms with van der Waals surface area (Å²) in [5, 5.41) is 0. The summed E-state index contributed by atoms with van der Waals surface area (Å²) in [4.78, 5) is 0. The van der Waals surface area contributed by atoms with Gasteiger partial charge in [-0.15, -0.1) is 0 Å². The molecule has 0 unspecified atom stereocenters. The van der Waals surface area contributed by atoms with Gasteiger partial charge in [-0.05, 0) is 0 Å². The van der Waals surface area contributed by atoms with E-state index in [9.17, 15) is 0 Å². The van der Waals surface area contributed by atoms with E-state index in [2.05, 4.69) is 0 Å². The van der Waals surface area contributed by atoms with E-state index in [1.807, 2.05) is 20.3 Å². The Bertz CT molecular complexity index is 3.90. The van der Waals surface area contributed by atoms with Gasteiger partial charge in [0, 0.05) is 32.7 Å². The van der Waals surface area contributed by atoms with Crippen molar-refractivity contribution in [1.82, 2.24) is 0 Å². The van der Waals surface area contributed by atoms with Gasteiger partial charge in [-0.2, -0.15) is 13.8 Å². The zero-order valence-electron chi connectivity index (χ0n) is 4.15. The van der Waals surface area contributed by atoms with Crippen molar-refractivity contribution < 1.29 is 32.7 Å². The normalized spacial score (nSPS) is 3.00. The van der Waals surface area contributed by atoms with Crippen LogP contribution in [0, 0.1) is 13.8 Å². The minimum Gasteiger partial charge on any atom is -0.358 e. The minimum absolute atomic E-state index is 0. The van der Waals surface area contributed by atoms with E-state index in [-0.39, 0.29) is 47.6 Å². The fraction of sp³-hybridized carbons (Fsp3) is 0.600. The Morgan fingerprint density at radius 3 is 1.17 bits per heavy atom. The summed E-state index contributed by atoms with van der Waals surface area (Å²) < 4.78 is 0. The van der Waals surface area contributed by atoms with E-state index >= 15 is 0 Å². The molecular formula is C5H14Y-2. The molecular weight excluding hydrogens is 149 g/mol. The summed E-state index contributed by atoms with van der Waals surface area (Å²) in [6.45, 7) is 4.00. The van der Waals surface area contributed by atoms with Gasteiger partial charge in [-0.3, -0.25) is 0 Å². The Kier molecular flexibility index (Phi) is 164. The van der Waals surface area contributed by atoms with Crippen LogP contribution in [0.2, 0.25) is 0 Å². The quantitative estimate of drug-likeness (QED) is 0.480. The molecule has 6 heavy (non-hydrogen) atoms. The van der Waals surface area contributed by atoms with Crippen LogP contribution in [0.25, 0.3) is 0 Å². The zero-order chi connectivity index (χ0) is 2.71. The Hall–Kier alpha value is 1.10. The fourth-order valence-corrected chi connectivity index (χ4v) is 0. The van der Waals surface area contributed by atoms with Crippen molar-refractivity contribution in [3.63, 3.8) is 0 Å². The van der Waals surface area contributed by atoms with Gasteiger partial charge in [0.1, 0.15) is 0 Å². The van der Waals surface area contributed by atoms with Crippen LogP contribution in [0.15, 0.2) is 0 Å². The third-order valence-corrected chi connectivity index (χ3v) is 0. The smallest absolute Gasteiger partial charge is 0 e. The Balaban J connectivity index is -0.00000000667. The second-order valence-corrected chi connectivity index (χ2v) is 0.577. The van der Waals surface area contributed by atoms with E-state index in [0.29, 0.717) is 0 Å². The molecule has 0 atom stereocenters. The zero-order valence-corrected chi connectivity index (χ0v) is 6.99. The molecule has 0 amide bonds. The first kappa shape index (κ1) is 27.5. The van der Waals surface area contributed by atoms with Crippen molar-refractivity contribution in [2.75, 3.05) is 0 Å². The molecule has 0 rings (SSSR count). The van der Waals surface area contributed by atoms with Gasteiger partial charge in [-0.1, -0.05) is 7.43 Å². The van der Waals surface area contributed by atoms with Crippen molar-refractivity contribution in [3.8, 4) is 0 Å². The third kappa shape index (κ3) is 70.5. The van der Waals surface area contributed by atoms with Crippen LogP contribution >= 0.6 is 0 Å². The van der Waals surface area contributed by atoms with Gasteiger partial charge in [-0.25, -0.2) is 0 Å². The first-order valence-corrected chi connectivity index (χ1v) is 1.15. The van der Waals surface area contributed by atoms with Gasteiger partial charge in [0.2, 0.25) is 0 Å². The number of hydrogen-bond donors (Lipinski definition) is 0. The molecule has 0 saturated heterocycles. The summed E-state index contributed by atoms with van der Waals surface area (Å²) in [5.74, 6) is 0. The minimum atomic E-state index is 0. The second-order valence-electron chi connectivity index (χ2n) is 0.577. The van der Waals surface area contributed by atoms with E-state index < -0.39 is 0 Å². The van der Waals surface area contributed by atoms with Crippen molar-refractivity contribution in [3.05, 3.63) is 13.8 Å². The topological polar surface area (TPSA) is 0 Å². The Morgan fingerprint density at radius 2 is 1.17 bits per heavy atom. The standard InChI is InChI=1S/C3H7.CH4.CH3.Y/c1-3-2;;;/h3H,1-2H3;1H4;1H3;/q-1;;-1;. The van der Waals surface area contributed by atoms with Gasteiger partial charge in [0.05, 0.1) is 0 Å². The average molecular weight is 163 g/mol. The summed E-state index contributed by atoms with van der Waals surface area (Å²) in [5.41, 5.74) is 0. The molecule has 0 aromatic carbocycles. The fourth-order valence-electron chi connectivity index (χ4n) is 0. The van der Waals surface area contributed by atoms with Crippen molar-refractivity contribution >= 4 is 0 Å². The molecule has 0 aromatic rings. The van der Waals surface area contributed by atoms with Gasteiger partial charge >= 0.3 is 0 Å². The summed E-state index contributed by atoms with van der Waals surface area (Å²) in [7, 11) is 0. The van der Waals surface area contributed by atoms with Gasteiger partial charge < -0.3 is 13.8 Å². The average Bonchev–Trinajstić information content (AvgIpc) is 0.918. The molecule has 0 spiro atoms. The largest absolute Gasteiger partial charge is 0.358 e. The molecule has 0 aliphatic heterocycles. The van der Waals surface area contributed by atoms with Crippen LogP contribution in [0.5, 0.6) is 0 Å². The maximum Gasteiger partial charge on any atom is 0 e. The molecule has 39 valence electrons. The van der Waals surface area contributed by atoms with Gasteiger partial charge in [0.25, 0.3) is 0 Å². The SMILES string of the molecule is C.C[CH-]C.[CH3-].[Y]. The molecule has 0 fully saturated rings. The molecule has 1 heteroatoms. The number of hydrogen-bond acceptors (Lipinski definition) is 0. The van der Waals surface area contributed by atoms with Crippen LogP contribution in [-0.2, 0) is 32.7 Å². The predicted molar refractivity (Wildman–Crippen MR) is 28.8 cm³/mol.